The van der Waals surface area contributed by atoms with Crippen molar-refractivity contribution in [2.24, 2.45) is 0 Å². The SMILES string of the molecule is COc1nccc(OC2CCN(C(=O)c3ccc(F)cc3Cl)CC2)n1. The third-order valence-corrected chi connectivity index (χ3v) is 4.28. The molecule has 0 bridgehead atoms. The molecule has 2 aromatic rings. The van der Waals surface area contributed by atoms with E-state index in [-0.39, 0.29) is 23.0 Å². The summed E-state index contributed by atoms with van der Waals surface area (Å²) in [5.74, 6) is -0.223. The van der Waals surface area contributed by atoms with Crippen molar-refractivity contribution in [1.82, 2.24) is 14.9 Å². The van der Waals surface area contributed by atoms with E-state index >= 15 is 0 Å². The number of carbonyl (C=O) groups excluding carboxylic acids is 1. The van der Waals surface area contributed by atoms with E-state index in [0.29, 0.717) is 37.4 Å². The number of nitrogens with zero attached hydrogens (tertiary/aromatic N) is 3. The molecule has 0 spiro atoms. The van der Waals surface area contributed by atoms with Gasteiger partial charge in [0.25, 0.3) is 5.91 Å². The van der Waals surface area contributed by atoms with E-state index < -0.39 is 5.82 Å². The van der Waals surface area contributed by atoms with E-state index in [0.717, 1.165) is 6.07 Å². The van der Waals surface area contributed by atoms with Gasteiger partial charge in [-0.15, -0.1) is 0 Å². The van der Waals surface area contributed by atoms with Gasteiger partial charge >= 0.3 is 6.01 Å². The van der Waals surface area contributed by atoms with Crippen molar-refractivity contribution in [1.29, 1.82) is 0 Å². The third-order valence-electron chi connectivity index (χ3n) is 3.97. The second kappa shape index (κ2) is 7.65. The van der Waals surface area contributed by atoms with Crippen LogP contribution in [0.25, 0.3) is 0 Å². The van der Waals surface area contributed by atoms with Crippen LogP contribution in [0.4, 0.5) is 4.39 Å². The summed E-state index contributed by atoms with van der Waals surface area (Å²) in [6.45, 7) is 1.05. The van der Waals surface area contributed by atoms with Gasteiger partial charge in [-0.2, -0.15) is 4.98 Å². The number of hydrogen-bond acceptors (Lipinski definition) is 5. The van der Waals surface area contributed by atoms with Crippen LogP contribution in [-0.4, -0.2) is 47.1 Å². The highest BCUT2D eigenvalue weighted by atomic mass is 35.5. The number of halogens is 2. The molecule has 1 aromatic carbocycles. The van der Waals surface area contributed by atoms with Crippen molar-refractivity contribution in [3.8, 4) is 11.9 Å². The minimum absolute atomic E-state index is 0.0488. The van der Waals surface area contributed by atoms with E-state index in [4.69, 9.17) is 21.1 Å². The van der Waals surface area contributed by atoms with Gasteiger partial charge in [0.1, 0.15) is 11.9 Å². The number of methoxy groups -OCH3 is 1. The van der Waals surface area contributed by atoms with Gasteiger partial charge in [0.2, 0.25) is 5.88 Å². The average Bonchev–Trinajstić information content (AvgIpc) is 2.62. The van der Waals surface area contributed by atoms with Crippen molar-refractivity contribution in [2.45, 2.75) is 18.9 Å². The number of likely N-dealkylation sites (tertiary alicyclic amines) is 1. The maximum atomic E-state index is 13.1. The summed E-state index contributed by atoms with van der Waals surface area (Å²) in [6, 6.07) is 5.70. The Hall–Kier alpha value is -2.41. The first-order chi connectivity index (χ1) is 12.1. The first-order valence-electron chi connectivity index (χ1n) is 7.85. The molecule has 0 unspecified atom stereocenters. The molecule has 1 fully saturated rings. The number of rotatable bonds is 4. The number of benzene rings is 1. The fourth-order valence-corrected chi connectivity index (χ4v) is 2.92. The lowest BCUT2D eigenvalue weighted by Gasteiger charge is -2.32. The summed E-state index contributed by atoms with van der Waals surface area (Å²) in [4.78, 5) is 22.3. The lowest BCUT2D eigenvalue weighted by Crippen LogP contribution is -2.42. The lowest BCUT2D eigenvalue weighted by atomic mass is 10.1. The summed E-state index contributed by atoms with van der Waals surface area (Å²) in [6.07, 6.45) is 2.84. The zero-order valence-electron chi connectivity index (χ0n) is 13.6. The molecule has 1 saturated heterocycles. The van der Waals surface area contributed by atoms with Gasteiger partial charge in [-0.25, -0.2) is 9.37 Å². The predicted molar refractivity (Wildman–Crippen MR) is 89.5 cm³/mol. The normalized spacial score (nSPS) is 15.1. The van der Waals surface area contributed by atoms with Gasteiger partial charge in [-0.1, -0.05) is 11.6 Å². The standard InChI is InChI=1S/C17H17ClFN3O3/c1-24-17-20-7-4-15(21-17)25-12-5-8-22(9-6-12)16(23)13-3-2-11(19)10-14(13)18/h2-4,7,10,12H,5-6,8-9H2,1H3. The maximum Gasteiger partial charge on any atom is 0.319 e. The monoisotopic (exact) mass is 365 g/mol. The molecular weight excluding hydrogens is 349 g/mol. The van der Waals surface area contributed by atoms with Gasteiger partial charge in [-0.05, 0) is 18.2 Å². The zero-order chi connectivity index (χ0) is 17.8. The van der Waals surface area contributed by atoms with Crippen molar-refractivity contribution >= 4 is 17.5 Å². The van der Waals surface area contributed by atoms with E-state index in [2.05, 4.69) is 9.97 Å². The Labute approximate surface area is 149 Å². The number of hydrogen-bond donors (Lipinski definition) is 0. The van der Waals surface area contributed by atoms with E-state index in [9.17, 15) is 9.18 Å². The van der Waals surface area contributed by atoms with Gasteiger partial charge in [0.05, 0.1) is 17.7 Å². The highest BCUT2D eigenvalue weighted by Gasteiger charge is 2.26. The summed E-state index contributed by atoms with van der Waals surface area (Å²) in [7, 11) is 1.49. The van der Waals surface area contributed by atoms with E-state index in [1.54, 1.807) is 17.2 Å². The molecule has 1 aliphatic heterocycles. The van der Waals surface area contributed by atoms with Crippen molar-refractivity contribution in [3.05, 3.63) is 46.9 Å². The Morgan fingerprint density at radius 2 is 2.08 bits per heavy atom. The molecular formula is C17H17ClFN3O3. The zero-order valence-corrected chi connectivity index (χ0v) is 14.4. The molecule has 3 rings (SSSR count). The summed E-state index contributed by atoms with van der Waals surface area (Å²) >= 11 is 5.97. The fourth-order valence-electron chi connectivity index (χ4n) is 2.67. The van der Waals surface area contributed by atoms with Gasteiger partial charge in [0.15, 0.2) is 0 Å². The van der Waals surface area contributed by atoms with E-state index in [1.807, 2.05) is 0 Å². The first kappa shape index (κ1) is 17.4. The molecule has 0 N–H and O–H groups in total. The smallest absolute Gasteiger partial charge is 0.319 e. The van der Waals surface area contributed by atoms with Crippen LogP contribution in [-0.2, 0) is 0 Å². The van der Waals surface area contributed by atoms with Crippen molar-refractivity contribution in [2.75, 3.05) is 20.2 Å². The van der Waals surface area contributed by atoms with E-state index in [1.165, 1.54) is 19.2 Å². The molecule has 25 heavy (non-hydrogen) atoms. The number of carbonyl (C=O) groups is 1. The summed E-state index contributed by atoms with van der Waals surface area (Å²) in [5, 5.41) is 0.122. The van der Waals surface area contributed by atoms with Crippen LogP contribution < -0.4 is 9.47 Å². The number of amides is 1. The number of piperidine rings is 1. The maximum absolute atomic E-state index is 13.1. The summed E-state index contributed by atoms with van der Waals surface area (Å²) < 4.78 is 23.9. The Balaban J connectivity index is 1.58. The molecule has 0 aliphatic carbocycles. The number of aromatic nitrogens is 2. The minimum Gasteiger partial charge on any atom is -0.474 e. The predicted octanol–water partition coefficient (Wildman–Crippen LogP) is 2.96. The molecule has 1 amide bonds. The molecule has 2 heterocycles. The van der Waals surface area contributed by atoms with Crippen molar-refractivity contribution in [3.63, 3.8) is 0 Å². The Morgan fingerprint density at radius 3 is 2.76 bits per heavy atom. The van der Waals surface area contributed by atoms with Crippen LogP contribution in [0.1, 0.15) is 23.2 Å². The topological polar surface area (TPSA) is 64.6 Å². The molecule has 0 atom stereocenters. The third kappa shape index (κ3) is 4.17. The molecule has 132 valence electrons. The van der Waals surface area contributed by atoms with Crippen LogP contribution in [0, 0.1) is 5.82 Å². The first-order valence-corrected chi connectivity index (χ1v) is 8.22. The number of ether oxygens (including phenoxy) is 2. The van der Waals surface area contributed by atoms with Gasteiger partial charge < -0.3 is 14.4 Å². The van der Waals surface area contributed by atoms with Crippen LogP contribution in [0.15, 0.2) is 30.5 Å². The largest absolute Gasteiger partial charge is 0.474 e. The van der Waals surface area contributed by atoms with Crippen LogP contribution >= 0.6 is 11.6 Å². The van der Waals surface area contributed by atoms with Crippen LogP contribution in [0.2, 0.25) is 5.02 Å². The average molecular weight is 366 g/mol. The molecule has 0 saturated carbocycles. The molecule has 1 aromatic heterocycles. The lowest BCUT2D eigenvalue weighted by molar-refractivity contribution is 0.0586. The Morgan fingerprint density at radius 1 is 1.32 bits per heavy atom. The molecule has 1 aliphatic rings. The fraction of sp³-hybridized carbons (Fsp3) is 0.353. The Bertz CT molecular complexity index is 767. The highest BCUT2D eigenvalue weighted by Crippen LogP contribution is 2.23. The Kier molecular flexibility index (Phi) is 5.33. The minimum atomic E-state index is -0.464. The van der Waals surface area contributed by atoms with Crippen LogP contribution in [0.5, 0.6) is 11.9 Å². The quantitative estimate of drug-likeness (QED) is 0.833. The summed E-state index contributed by atoms with van der Waals surface area (Å²) in [5.41, 5.74) is 0.308. The molecule has 0 radical (unpaired) electrons. The molecule has 6 nitrogen and oxygen atoms in total. The van der Waals surface area contributed by atoms with Gasteiger partial charge in [0, 0.05) is 38.2 Å². The van der Waals surface area contributed by atoms with Crippen LogP contribution in [0.3, 0.4) is 0 Å². The second-order valence-electron chi connectivity index (χ2n) is 5.62. The van der Waals surface area contributed by atoms with Gasteiger partial charge in [-0.3, -0.25) is 4.79 Å². The highest BCUT2D eigenvalue weighted by molar-refractivity contribution is 6.33. The molecule has 8 heteroatoms. The van der Waals surface area contributed by atoms with Crippen molar-refractivity contribution < 1.29 is 18.7 Å². The second-order valence-corrected chi connectivity index (χ2v) is 6.02.